The molecule has 3 heterocycles. The highest BCUT2D eigenvalue weighted by Crippen LogP contribution is 2.29. The minimum absolute atomic E-state index is 0.0828. The number of pyridine rings is 1. The first kappa shape index (κ1) is 14.5. The summed E-state index contributed by atoms with van der Waals surface area (Å²) in [7, 11) is 0. The first-order chi connectivity index (χ1) is 9.93. The Bertz CT molecular complexity index is 535. The number of likely N-dealkylation sites (tertiary alicyclic amines) is 2. The van der Waals surface area contributed by atoms with E-state index in [1.165, 1.54) is 0 Å². The van der Waals surface area contributed by atoms with Crippen LogP contribution in [0.3, 0.4) is 0 Å². The highest BCUT2D eigenvalue weighted by molar-refractivity contribution is 5.92. The van der Waals surface area contributed by atoms with Gasteiger partial charge in [0.25, 0.3) is 5.91 Å². The van der Waals surface area contributed by atoms with Crippen LogP contribution in [0.25, 0.3) is 0 Å². The van der Waals surface area contributed by atoms with Crippen molar-refractivity contribution >= 4 is 5.91 Å². The SMILES string of the molecule is CC1CN(Cc2cccc(C(=O)N3CCC(C)(C)C3)n2)C1. The lowest BCUT2D eigenvalue weighted by Crippen LogP contribution is -2.44. The average molecular weight is 287 g/mol. The molecule has 0 unspecified atom stereocenters. The monoisotopic (exact) mass is 287 g/mol. The maximum atomic E-state index is 12.6. The number of hydrogen-bond donors (Lipinski definition) is 0. The van der Waals surface area contributed by atoms with Gasteiger partial charge in [-0.25, -0.2) is 4.98 Å². The summed E-state index contributed by atoms with van der Waals surface area (Å²) in [6, 6.07) is 5.82. The molecule has 1 amide bonds. The molecule has 0 N–H and O–H groups in total. The first-order valence-corrected chi connectivity index (χ1v) is 7.90. The molecule has 4 nitrogen and oxygen atoms in total. The average Bonchev–Trinajstić information content (AvgIpc) is 2.77. The molecule has 0 bridgehead atoms. The summed E-state index contributed by atoms with van der Waals surface area (Å²) in [5, 5.41) is 0. The highest BCUT2D eigenvalue weighted by Gasteiger charge is 2.33. The molecule has 3 rings (SSSR count). The third-order valence-electron chi connectivity index (χ3n) is 4.52. The quantitative estimate of drug-likeness (QED) is 0.856. The fourth-order valence-corrected chi connectivity index (χ4v) is 3.32. The minimum Gasteiger partial charge on any atom is -0.337 e. The van der Waals surface area contributed by atoms with E-state index in [9.17, 15) is 4.79 Å². The van der Waals surface area contributed by atoms with Crippen LogP contribution in [-0.2, 0) is 6.54 Å². The maximum Gasteiger partial charge on any atom is 0.272 e. The van der Waals surface area contributed by atoms with Gasteiger partial charge in [0.2, 0.25) is 0 Å². The molecular weight excluding hydrogens is 262 g/mol. The largest absolute Gasteiger partial charge is 0.337 e. The predicted octanol–water partition coefficient (Wildman–Crippen LogP) is 2.41. The Morgan fingerprint density at radius 3 is 2.76 bits per heavy atom. The van der Waals surface area contributed by atoms with Crippen LogP contribution < -0.4 is 0 Å². The Balaban J connectivity index is 1.66. The molecular formula is C17H25N3O. The molecule has 0 aliphatic carbocycles. The summed E-state index contributed by atoms with van der Waals surface area (Å²) < 4.78 is 0. The molecule has 1 aromatic rings. The Labute approximate surface area is 127 Å². The summed E-state index contributed by atoms with van der Waals surface area (Å²) in [6.45, 7) is 11.5. The van der Waals surface area contributed by atoms with E-state index in [-0.39, 0.29) is 11.3 Å². The number of nitrogens with zero attached hydrogens (tertiary/aromatic N) is 3. The number of rotatable bonds is 3. The van der Waals surface area contributed by atoms with E-state index in [2.05, 4.69) is 30.7 Å². The maximum absolute atomic E-state index is 12.6. The van der Waals surface area contributed by atoms with Gasteiger partial charge in [0.15, 0.2) is 0 Å². The van der Waals surface area contributed by atoms with Crippen LogP contribution >= 0.6 is 0 Å². The van der Waals surface area contributed by atoms with Crippen molar-refractivity contribution in [3.8, 4) is 0 Å². The van der Waals surface area contributed by atoms with Crippen molar-refractivity contribution in [1.82, 2.24) is 14.8 Å². The summed E-state index contributed by atoms with van der Waals surface area (Å²) in [5.74, 6) is 0.876. The number of aromatic nitrogens is 1. The molecule has 2 saturated heterocycles. The van der Waals surface area contributed by atoms with E-state index in [0.29, 0.717) is 5.69 Å². The van der Waals surface area contributed by atoms with E-state index in [1.54, 1.807) is 0 Å². The molecule has 0 spiro atoms. The predicted molar refractivity (Wildman–Crippen MR) is 83.0 cm³/mol. The van der Waals surface area contributed by atoms with Gasteiger partial charge >= 0.3 is 0 Å². The van der Waals surface area contributed by atoms with E-state index in [0.717, 1.165) is 50.8 Å². The van der Waals surface area contributed by atoms with Gasteiger partial charge in [0, 0.05) is 32.7 Å². The van der Waals surface area contributed by atoms with Crippen LogP contribution in [0, 0.1) is 11.3 Å². The van der Waals surface area contributed by atoms with Gasteiger partial charge in [0.1, 0.15) is 5.69 Å². The number of carbonyl (C=O) groups excluding carboxylic acids is 1. The van der Waals surface area contributed by atoms with Crippen molar-refractivity contribution in [2.75, 3.05) is 26.2 Å². The molecule has 21 heavy (non-hydrogen) atoms. The molecule has 0 atom stereocenters. The standard InChI is InChI=1S/C17H25N3O/c1-13-9-19(10-13)11-14-5-4-6-15(18-14)16(21)20-8-7-17(2,3)12-20/h4-6,13H,7-12H2,1-3H3. The normalized spacial score (nSPS) is 22.3. The topological polar surface area (TPSA) is 36.4 Å². The van der Waals surface area contributed by atoms with E-state index < -0.39 is 0 Å². The van der Waals surface area contributed by atoms with Crippen LogP contribution in [0.4, 0.5) is 0 Å². The molecule has 4 heteroatoms. The zero-order valence-electron chi connectivity index (χ0n) is 13.3. The summed E-state index contributed by atoms with van der Waals surface area (Å²) in [5.41, 5.74) is 1.84. The zero-order chi connectivity index (χ0) is 15.0. The van der Waals surface area contributed by atoms with Gasteiger partial charge in [-0.2, -0.15) is 0 Å². The summed E-state index contributed by atoms with van der Waals surface area (Å²) in [6.07, 6.45) is 1.07. The highest BCUT2D eigenvalue weighted by atomic mass is 16.2. The van der Waals surface area contributed by atoms with Crippen molar-refractivity contribution in [3.05, 3.63) is 29.6 Å². The number of amides is 1. The molecule has 0 radical (unpaired) electrons. The lowest BCUT2D eigenvalue weighted by atomic mass is 9.93. The van der Waals surface area contributed by atoms with Crippen molar-refractivity contribution < 1.29 is 4.79 Å². The van der Waals surface area contributed by atoms with Crippen molar-refractivity contribution in [2.24, 2.45) is 11.3 Å². The summed E-state index contributed by atoms with van der Waals surface area (Å²) in [4.78, 5) is 21.5. The molecule has 2 aliphatic heterocycles. The Hall–Kier alpha value is -1.42. The fourth-order valence-electron chi connectivity index (χ4n) is 3.32. The first-order valence-electron chi connectivity index (χ1n) is 7.90. The second-order valence-corrected chi connectivity index (χ2v) is 7.45. The van der Waals surface area contributed by atoms with Crippen LogP contribution in [0.1, 0.15) is 43.4 Å². The molecule has 0 aromatic carbocycles. The fraction of sp³-hybridized carbons (Fsp3) is 0.647. The second-order valence-electron chi connectivity index (χ2n) is 7.45. The van der Waals surface area contributed by atoms with Gasteiger partial charge in [-0.15, -0.1) is 0 Å². The Morgan fingerprint density at radius 2 is 2.14 bits per heavy atom. The van der Waals surface area contributed by atoms with Crippen LogP contribution in [0.2, 0.25) is 0 Å². The van der Waals surface area contributed by atoms with E-state index in [4.69, 9.17) is 0 Å². The van der Waals surface area contributed by atoms with Gasteiger partial charge in [-0.05, 0) is 29.9 Å². The van der Waals surface area contributed by atoms with Crippen molar-refractivity contribution in [1.29, 1.82) is 0 Å². The lowest BCUT2D eigenvalue weighted by molar-refractivity contribution is 0.0770. The van der Waals surface area contributed by atoms with Crippen molar-refractivity contribution in [3.63, 3.8) is 0 Å². The van der Waals surface area contributed by atoms with Gasteiger partial charge < -0.3 is 4.90 Å². The van der Waals surface area contributed by atoms with Crippen molar-refractivity contribution in [2.45, 2.75) is 33.7 Å². The minimum atomic E-state index is 0.0828. The van der Waals surface area contributed by atoms with E-state index in [1.807, 2.05) is 23.1 Å². The third-order valence-corrected chi connectivity index (χ3v) is 4.52. The van der Waals surface area contributed by atoms with Crippen LogP contribution in [0.5, 0.6) is 0 Å². The Kier molecular flexibility index (Phi) is 3.74. The third kappa shape index (κ3) is 3.26. The smallest absolute Gasteiger partial charge is 0.272 e. The molecule has 0 saturated carbocycles. The van der Waals surface area contributed by atoms with Crippen LogP contribution in [0.15, 0.2) is 18.2 Å². The molecule has 2 aliphatic rings. The molecule has 114 valence electrons. The Morgan fingerprint density at radius 1 is 1.38 bits per heavy atom. The zero-order valence-corrected chi connectivity index (χ0v) is 13.3. The molecule has 2 fully saturated rings. The lowest BCUT2D eigenvalue weighted by Gasteiger charge is -2.36. The summed E-state index contributed by atoms with van der Waals surface area (Å²) >= 11 is 0. The van der Waals surface area contributed by atoms with Gasteiger partial charge in [0.05, 0.1) is 5.69 Å². The number of carbonyl (C=O) groups is 1. The van der Waals surface area contributed by atoms with E-state index >= 15 is 0 Å². The second kappa shape index (κ2) is 5.41. The number of hydrogen-bond acceptors (Lipinski definition) is 3. The van der Waals surface area contributed by atoms with Crippen LogP contribution in [-0.4, -0.2) is 46.9 Å². The van der Waals surface area contributed by atoms with Gasteiger partial charge in [-0.3, -0.25) is 9.69 Å². The molecule has 1 aromatic heterocycles. The van der Waals surface area contributed by atoms with Gasteiger partial charge in [-0.1, -0.05) is 26.8 Å².